The summed E-state index contributed by atoms with van der Waals surface area (Å²) in [5.74, 6) is 0.121. The summed E-state index contributed by atoms with van der Waals surface area (Å²) in [7, 11) is 0. The van der Waals surface area contributed by atoms with Crippen LogP contribution in [-0.2, 0) is 6.18 Å². The predicted molar refractivity (Wildman–Crippen MR) is 112 cm³/mol. The Balaban J connectivity index is 1.72. The number of aryl methyl sites for hydroxylation is 2. The number of halogens is 3. The average Bonchev–Trinajstić information content (AvgIpc) is 3.28. The first-order chi connectivity index (χ1) is 14.7. The number of nitrogens with zero attached hydrogens (tertiary/aromatic N) is 4. The van der Waals surface area contributed by atoms with Gasteiger partial charge in [-0.2, -0.15) is 18.3 Å². The van der Waals surface area contributed by atoms with E-state index in [2.05, 4.69) is 20.1 Å². The third kappa shape index (κ3) is 3.10. The van der Waals surface area contributed by atoms with Gasteiger partial charge in [0, 0.05) is 16.6 Å². The Hall–Kier alpha value is -3.53. The van der Waals surface area contributed by atoms with Gasteiger partial charge in [0.15, 0.2) is 5.65 Å². The first-order valence-corrected chi connectivity index (χ1v) is 10.1. The van der Waals surface area contributed by atoms with Crippen LogP contribution in [0.1, 0.15) is 16.1 Å². The van der Waals surface area contributed by atoms with Crippen molar-refractivity contribution >= 4 is 27.2 Å². The van der Waals surface area contributed by atoms with E-state index in [9.17, 15) is 18.0 Å². The number of H-pyrrole nitrogens is 1. The molecule has 6 nitrogen and oxygen atoms in total. The van der Waals surface area contributed by atoms with Crippen molar-refractivity contribution in [3.8, 4) is 22.5 Å². The average molecular weight is 441 g/mol. The Morgan fingerprint density at radius 3 is 2.55 bits per heavy atom. The number of thiophene rings is 1. The molecule has 0 aliphatic heterocycles. The number of benzene rings is 1. The summed E-state index contributed by atoms with van der Waals surface area (Å²) in [6, 6.07) is 8.68. The topological polar surface area (TPSA) is 75.9 Å². The van der Waals surface area contributed by atoms with E-state index in [0.717, 1.165) is 33.8 Å². The minimum atomic E-state index is -4.59. The lowest BCUT2D eigenvalue weighted by Crippen LogP contribution is -2.13. The summed E-state index contributed by atoms with van der Waals surface area (Å²) in [6.45, 7) is 3.89. The molecular weight excluding hydrogens is 427 g/mol. The summed E-state index contributed by atoms with van der Waals surface area (Å²) in [5.41, 5.74) is 1.66. The molecule has 0 saturated heterocycles. The van der Waals surface area contributed by atoms with Crippen LogP contribution in [0.15, 0.2) is 47.5 Å². The van der Waals surface area contributed by atoms with E-state index >= 15 is 0 Å². The third-order valence-electron chi connectivity index (χ3n) is 5.03. The number of aromatic amines is 1. The van der Waals surface area contributed by atoms with Crippen molar-refractivity contribution in [3.63, 3.8) is 0 Å². The fourth-order valence-corrected chi connectivity index (χ4v) is 4.63. The quantitative estimate of drug-likeness (QED) is 0.418. The van der Waals surface area contributed by atoms with Crippen LogP contribution in [-0.4, -0.2) is 24.6 Å². The summed E-state index contributed by atoms with van der Waals surface area (Å²) in [6.07, 6.45) is -2.31. The van der Waals surface area contributed by atoms with Gasteiger partial charge in [-0.05, 0) is 25.5 Å². The van der Waals surface area contributed by atoms with Crippen LogP contribution in [0, 0.1) is 13.8 Å². The maximum atomic E-state index is 13.3. The molecule has 1 N–H and O–H groups in total. The molecule has 0 fully saturated rings. The van der Waals surface area contributed by atoms with Gasteiger partial charge in [0.05, 0.1) is 17.1 Å². The maximum Gasteiger partial charge on any atom is 0.433 e. The van der Waals surface area contributed by atoms with E-state index in [1.165, 1.54) is 17.5 Å². The Labute approximate surface area is 177 Å². The van der Waals surface area contributed by atoms with Crippen LogP contribution in [0.25, 0.3) is 38.4 Å². The molecule has 31 heavy (non-hydrogen) atoms. The molecule has 4 aromatic heterocycles. The van der Waals surface area contributed by atoms with E-state index in [-0.39, 0.29) is 22.6 Å². The fourth-order valence-electron chi connectivity index (χ4n) is 3.59. The molecule has 5 aromatic rings. The standard InChI is InChI=1S/C21H14F3N5OS/c1-10-3-5-12(6-4-10)15-11(2)31-20-16(15)19(30)27-17(28-20)13-9-26-29-14(21(22,23)24)7-8-25-18(13)29/h3-9H,1-2H3,(H,27,28,30). The Morgan fingerprint density at radius 2 is 1.84 bits per heavy atom. The van der Waals surface area contributed by atoms with Crippen molar-refractivity contribution in [1.29, 1.82) is 0 Å². The molecule has 0 bridgehead atoms. The van der Waals surface area contributed by atoms with Crippen molar-refractivity contribution in [1.82, 2.24) is 24.6 Å². The molecule has 1 aromatic carbocycles. The number of alkyl halides is 3. The number of nitrogens with one attached hydrogen (secondary N) is 1. The number of rotatable bonds is 2. The highest BCUT2D eigenvalue weighted by atomic mass is 32.1. The molecule has 0 spiro atoms. The molecule has 0 atom stereocenters. The lowest BCUT2D eigenvalue weighted by Gasteiger charge is -2.08. The van der Waals surface area contributed by atoms with Crippen molar-refractivity contribution in [2.45, 2.75) is 20.0 Å². The zero-order valence-electron chi connectivity index (χ0n) is 16.3. The molecule has 156 valence electrons. The van der Waals surface area contributed by atoms with Crippen molar-refractivity contribution < 1.29 is 13.2 Å². The third-order valence-corrected chi connectivity index (χ3v) is 6.02. The van der Waals surface area contributed by atoms with E-state index in [0.29, 0.717) is 14.7 Å². The van der Waals surface area contributed by atoms with Gasteiger partial charge in [0.1, 0.15) is 16.3 Å². The Morgan fingerprint density at radius 1 is 1.10 bits per heavy atom. The zero-order valence-corrected chi connectivity index (χ0v) is 17.1. The predicted octanol–water partition coefficient (Wildman–Crippen LogP) is 5.00. The second kappa shape index (κ2) is 6.74. The molecule has 4 heterocycles. The summed E-state index contributed by atoms with van der Waals surface area (Å²) in [4.78, 5) is 25.7. The molecule has 0 unspecified atom stereocenters. The summed E-state index contributed by atoms with van der Waals surface area (Å²) in [5, 5.41) is 4.28. The lowest BCUT2D eigenvalue weighted by molar-refractivity contribution is -0.142. The van der Waals surface area contributed by atoms with Gasteiger partial charge in [0.2, 0.25) is 0 Å². The molecular formula is C21H14F3N5OS. The molecule has 0 aliphatic carbocycles. The molecule has 10 heteroatoms. The minimum absolute atomic E-state index is 0.0376. The number of aromatic nitrogens is 5. The highest BCUT2D eigenvalue weighted by Crippen LogP contribution is 2.37. The van der Waals surface area contributed by atoms with Gasteiger partial charge in [0.25, 0.3) is 5.56 Å². The monoisotopic (exact) mass is 441 g/mol. The van der Waals surface area contributed by atoms with Crippen molar-refractivity contribution in [3.05, 3.63) is 69.2 Å². The van der Waals surface area contributed by atoms with Gasteiger partial charge in [-0.25, -0.2) is 14.5 Å². The molecule has 0 aliphatic rings. The molecule has 0 saturated carbocycles. The maximum absolute atomic E-state index is 13.3. The van der Waals surface area contributed by atoms with E-state index < -0.39 is 11.9 Å². The van der Waals surface area contributed by atoms with E-state index in [4.69, 9.17) is 0 Å². The lowest BCUT2D eigenvalue weighted by atomic mass is 10.0. The number of fused-ring (bicyclic) bond motifs is 2. The summed E-state index contributed by atoms with van der Waals surface area (Å²) < 4.78 is 40.5. The van der Waals surface area contributed by atoms with Crippen LogP contribution in [0.5, 0.6) is 0 Å². The summed E-state index contributed by atoms with van der Waals surface area (Å²) >= 11 is 1.36. The first kappa shape index (κ1) is 19.4. The largest absolute Gasteiger partial charge is 0.433 e. The number of hydrogen-bond acceptors (Lipinski definition) is 5. The fraction of sp³-hybridized carbons (Fsp3) is 0.143. The first-order valence-electron chi connectivity index (χ1n) is 9.25. The normalized spacial score (nSPS) is 12.2. The SMILES string of the molecule is Cc1ccc(-c2c(C)sc3nc(-c4cnn5c(C(F)(F)F)ccnc45)[nH]c(=O)c23)cc1. The highest BCUT2D eigenvalue weighted by Gasteiger charge is 2.34. The van der Waals surface area contributed by atoms with Crippen molar-refractivity contribution in [2.24, 2.45) is 0 Å². The second-order valence-electron chi connectivity index (χ2n) is 7.12. The van der Waals surface area contributed by atoms with E-state index in [1.807, 2.05) is 38.1 Å². The van der Waals surface area contributed by atoms with Crippen LogP contribution in [0.2, 0.25) is 0 Å². The molecule has 0 radical (unpaired) electrons. The molecule has 5 rings (SSSR count). The van der Waals surface area contributed by atoms with Crippen LogP contribution >= 0.6 is 11.3 Å². The second-order valence-corrected chi connectivity index (χ2v) is 8.32. The van der Waals surface area contributed by atoms with Crippen LogP contribution < -0.4 is 5.56 Å². The van der Waals surface area contributed by atoms with Gasteiger partial charge in [-0.15, -0.1) is 11.3 Å². The van der Waals surface area contributed by atoms with Crippen LogP contribution in [0.3, 0.4) is 0 Å². The number of hydrogen-bond donors (Lipinski definition) is 1. The van der Waals surface area contributed by atoms with Crippen molar-refractivity contribution in [2.75, 3.05) is 0 Å². The smallest absolute Gasteiger partial charge is 0.306 e. The van der Waals surface area contributed by atoms with Gasteiger partial charge in [-0.1, -0.05) is 29.8 Å². The zero-order chi connectivity index (χ0) is 21.9. The van der Waals surface area contributed by atoms with Gasteiger partial charge >= 0.3 is 6.18 Å². The molecule has 0 amide bonds. The highest BCUT2D eigenvalue weighted by molar-refractivity contribution is 7.19. The van der Waals surface area contributed by atoms with E-state index in [1.54, 1.807) is 0 Å². The minimum Gasteiger partial charge on any atom is -0.306 e. The Bertz CT molecular complexity index is 1510. The van der Waals surface area contributed by atoms with Gasteiger partial charge < -0.3 is 4.98 Å². The van der Waals surface area contributed by atoms with Crippen LogP contribution in [0.4, 0.5) is 13.2 Å². The van der Waals surface area contributed by atoms with Gasteiger partial charge in [-0.3, -0.25) is 4.79 Å². The Kier molecular flexibility index (Phi) is 4.23.